The molecule has 0 N–H and O–H groups in total. The Hall–Kier alpha value is -1.72. The van der Waals surface area contributed by atoms with Crippen LogP contribution in [-0.2, 0) is 13.0 Å². The summed E-state index contributed by atoms with van der Waals surface area (Å²) >= 11 is 6.14. The maximum absolute atomic E-state index is 14.0. The Bertz CT molecular complexity index is 733. The predicted octanol–water partition coefficient (Wildman–Crippen LogP) is 3.71. The van der Waals surface area contributed by atoms with Gasteiger partial charge in [-0.3, -0.25) is 4.90 Å². The zero-order valence-electron chi connectivity index (χ0n) is 14.1. The van der Waals surface area contributed by atoms with Crippen LogP contribution in [0.5, 0.6) is 5.88 Å². The Kier molecular flexibility index (Phi) is 5.01. The molecule has 0 saturated heterocycles. The van der Waals surface area contributed by atoms with Gasteiger partial charge in [-0.2, -0.15) is 4.98 Å². The molecule has 24 heavy (non-hydrogen) atoms. The maximum atomic E-state index is 14.0. The van der Waals surface area contributed by atoms with Gasteiger partial charge in [-0.1, -0.05) is 24.6 Å². The lowest BCUT2D eigenvalue weighted by atomic mass is 10.1. The molecule has 1 aromatic carbocycles. The summed E-state index contributed by atoms with van der Waals surface area (Å²) in [5, 5.41) is 0.460. The van der Waals surface area contributed by atoms with Crippen molar-refractivity contribution in [1.29, 1.82) is 0 Å². The number of ether oxygens (including phenoxy) is 1. The molecule has 3 rings (SSSR count). The highest BCUT2D eigenvalue weighted by Gasteiger charge is 2.28. The minimum atomic E-state index is -0.270. The highest BCUT2D eigenvalue weighted by Crippen LogP contribution is 2.29. The molecular weight excluding hydrogens is 329 g/mol. The van der Waals surface area contributed by atoms with Crippen LogP contribution in [0.25, 0.3) is 0 Å². The second-order valence-electron chi connectivity index (χ2n) is 6.11. The third-order valence-corrected chi connectivity index (χ3v) is 4.70. The molecule has 4 nitrogen and oxygen atoms in total. The van der Waals surface area contributed by atoms with E-state index in [-0.39, 0.29) is 11.9 Å². The number of hydrogen-bond donors (Lipinski definition) is 0. The van der Waals surface area contributed by atoms with Crippen molar-refractivity contribution >= 4 is 11.6 Å². The highest BCUT2D eigenvalue weighted by atomic mass is 35.5. The Balaban J connectivity index is 1.70. The molecule has 128 valence electrons. The minimum Gasteiger partial charge on any atom is -0.472 e. The second-order valence-corrected chi connectivity index (χ2v) is 6.52. The van der Waals surface area contributed by atoms with Gasteiger partial charge in [0, 0.05) is 41.4 Å². The van der Waals surface area contributed by atoms with Crippen molar-refractivity contribution in [3.05, 3.63) is 51.7 Å². The number of fused-ring (bicyclic) bond motifs is 1. The number of aromatic nitrogens is 2. The first-order valence-corrected chi connectivity index (χ1v) is 8.51. The lowest BCUT2D eigenvalue weighted by Gasteiger charge is -2.24. The van der Waals surface area contributed by atoms with Gasteiger partial charge in [0.25, 0.3) is 0 Å². The fourth-order valence-corrected chi connectivity index (χ4v) is 3.29. The Morgan fingerprint density at radius 3 is 2.83 bits per heavy atom. The standard InChI is InChI=1S/C18H21ClFN3O/c1-4-23(10-15-16(19)6-5-7-17(15)20)9-13-8-14-11(2)21-12(3)22-18(14)24-13/h5-7,13H,4,8-10H2,1-3H3/t13-/m0/s1. The average Bonchev–Trinajstić information content (AvgIpc) is 2.92. The summed E-state index contributed by atoms with van der Waals surface area (Å²) in [6.07, 6.45) is 0.781. The molecule has 0 radical (unpaired) electrons. The zero-order chi connectivity index (χ0) is 17.3. The summed E-state index contributed by atoms with van der Waals surface area (Å²) < 4.78 is 20.0. The van der Waals surface area contributed by atoms with Crippen molar-refractivity contribution in [2.75, 3.05) is 13.1 Å². The first-order valence-electron chi connectivity index (χ1n) is 8.14. The van der Waals surface area contributed by atoms with Gasteiger partial charge in [-0.25, -0.2) is 9.37 Å². The number of nitrogens with zero attached hydrogens (tertiary/aromatic N) is 3. The van der Waals surface area contributed by atoms with Gasteiger partial charge < -0.3 is 4.74 Å². The van der Waals surface area contributed by atoms with Crippen LogP contribution < -0.4 is 4.74 Å². The summed E-state index contributed by atoms with van der Waals surface area (Å²) in [4.78, 5) is 10.9. The quantitative estimate of drug-likeness (QED) is 0.824. The summed E-state index contributed by atoms with van der Waals surface area (Å²) in [5.74, 6) is 1.14. The van der Waals surface area contributed by atoms with Crippen LogP contribution in [0.2, 0.25) is 5.02 Å². The van der Waals surface area contributed by atoms with Gasteiger partial charge in [0.15, 0.2) is 0 Å². The second kappa shape index (κ2) is 7.03. The fourth-order valence-electron chi connectivity index (χ4n) is 3.07. The molecule has 0 saturated carbocycles. The van der Waals surface area contributed by atoms with Gasteiger partial charge in [-0.05, 0) is 32.5 Å². The molecular formula is C18H21ClFN3O. The summed E-state index contributed by atoms with van der Waals surface area (Å²) in [6, 6.07) is 4.79. The largest absolute Gasteiger partial charge is 0.472 e. The third kappa shape index (κ3) is 3.52. The molecule has 1 aliphatic rings. The number of aryl methyl sites for hydroxylation is 2. The Morgan fingerprint density at radius 2 is 2.12 bits per heavy atom. The number of halogens is 2. The van der Waals surface area contributed by atoms with E-state index in [1.54, 1.807) is 12.1 Å². The molecule has 0 aliphatic carbocycles. The third-order valence-electron chi connectivity index (χ3n) is 4.35. The summed E-state index contributed by atoms with van der Waals surface area (Å²) in [5.41, 5.74) is 2.58. The van der Waals surface area contributed by atoms with Crippen LogP contribution in [0.15, 0.2) is 18.2 Å². The zero-order valence-corrected chi connectivity index (χ0v) is 14.9. The van der Waals surface area contributed by atoms with Crippen LogP contribution in [0, 0.1) is 19.7 Å². The monoisotopic (exact) mass is 349 g/mol. The van der Waals surface area contributed by atoms with E-state index in [0.717, 1.165) is 30.0 Å². The number of rotatable bonds is 5. The van der Waals surface area contributed by atoms with Crippen molar-refractivity contribution in [3.8, 4) is 5.88 Å². The molecule has 0 amide bonds. The van der Waals surface area contributed by atoms with E-state index in [1.807, 2.05) is 20.8 Å². The highest BCUT2D eigenvalue weighted by molar-refractivity contribution is 6.31. The SMILES string of the molecule is CCN(Cc1c(F)cccc1Cl)C[C@@H]1Cc2c(C)nc(C)nc2O1. The van der Waals surface area contributed by atoms with Crippen LogP contribution in [0.4, 0.5) is 4.39 Å². The van der Waals surface area contributed by atoms with Crippen molar-refractivity contribution in [1.82, 2.24) is 14.9 Å². The van der Waals surface area contributed by atoms with Crippen molar-refractivity contribution in [3.63, 3.8) is 0 Å². The first-order chi connectivity index (χ1) is 11.5. The first kappa shape index (κ1) is 17.1. The van der Waals surface area contributed by atoms with Crippen molar-refractivity contribution in [2.45, 2.75) is 39.8 Å². The van der Waals surface area contributed by atoms with E-state index >= 15 is 0 Å². The van der Waals surface area contributed by atoms with Gasteiger partial charge in [0.2, 0.25) is 5.88 Å². The molecule has 2 heterocycles. The molecule has 6 heteroatoms. The molecule has 1 aromatic heterocycles. The van der Waals surface area contributed by atoms with E-state index in [0.29, 0.717) is 29.6 Å². The van der Waals surface area contributed by atoms with Crippen LogP contribution in [0.1, 0.15) is 29.6 Å². The van der Waals surface area contributed by atoms with Gasteiger partial charge in [-0.15, -0.1) is 0 Å². The minimum absolute atomic E-state index is 0.000277. The van der Waals surface area contributed by atoms with E-state index in [4.69, 9.17) is 16.3 Å². The van der Waals surface area contributed by atoms with Gasteiger partial charge in [0.05, 0.1) is 0 Å². The van der Waals surface area contributed by atoms with E-state index in [1.165, 1.54) is 6.07 Å². The smallest absolute Gasteiger partial charge is 0.220 e. The molecule has 1 atom stereocenters. The van der Waals surface area contributed by atoms with Crippen LogP contribution in [-0.4, -0.2) is 34.1 Å². The van der Waals surface area contributed by atoms with E-state index in [2.05, 4.69) is 14.9 Å². The number of likely N-dealkylation sites (N-methyl/N-ethyl adjacent to an activating group) is 1. The normalized spacial score (nSPS) is 16.3. The van der Waals surface area contributed by atoms with Crippen LogP contribution >= 0.6 is 11.6 Å². The lowest BCUT2D eigenvalue weighted by molar-refractivity contribution is 0.145. The molecule has 2 aromatic rings. The van der Waals surface area contributed by atoms with Gasteiger partial charge >= 0.3 is 0 Å². The van der Waals surface area contributed by atoms with E-state index < -0.39 is 0 Å². The van der Waals surface area contributed by atoms with Crippen molar-refractivity contribution in [2.24, 2.45) is 0 Å². The van der Waals surface area contributed by atoms with Crippen LogP contribution in [0.3, 0.4) is 0 Å². The molecule has 0 bridgehead atoms. The Labute approximate surface area is 146 Å². The number of benzene rings is 1. The Morgan fingerprint density at radius 1 is 1.33 bits per heavy atom. The van der Waals surface area contributed by atoms with Gasteiger partial charge in [0.1, 0.15) is 17.7 Å². The molecule has 1 aliphatic heterocycles. The number of hydrogen-bond acceptors (Lipinski definition) is 4. The topological polar surface area (TPSA) is 38.2 Å². The van der Waals surface area contributed by atoms with Crippen molar-refractivity contribution < 1.29 is 9.13 Å². The average molecular weight is 350 g/mol. The predicted molar refractivity (Wildman–Crippen MR) is 92.0 cm³/mol. The lowest BCUT2D eigenvalue weighted by Crippen LogP contribution is -2.34. The molecule has 0 unspecified atom stereocenters. The maximum Gasteiger partial charge on any atom is 0.220 e. The molecule has 0 spiro atoms. The fraction of sp³-hybridized carbons (Fsp3) is 0.444. The summed E-state index contributed by atoms with van der Waals surface area (Å²) in [6.45, 7) is 7.83. The summed E-state index contributed by atoms with van der Waals surface area (Å²) in [7, 11) is 0. The molecule has 0 fully saturated rings. The van der Waals surface area contributed by atoms with E-state index in [9.17, 15) is 4.39 Å².